The summed E-state index contributed by atoms with van der Waals surface area (Å²) in [7, 11) is 0. The van der Waals surface area contributed by atoms with E-state index in [0.717, 1.165) is 37.2 Å². The number of anilines is 1. The van der Waals surface area contributed by atoms with Gasteiger partial charge >= 0.3 is 0 Å². The molecule has 0 spiro atoms. The summed E-state index contributed by atoms with van der Waals surface area (Å²) in [6.45, 7) is 5.61. The van der Waals surface area contributed by atoms with E-state index >= 15 is 0 Å². The number of nitrogens with one attached hydrogen (secondary N) is 1. The van der Waals surface area contributed by atoms with Crippen molar-refractivity contribution in [2.75, 3.05) is 24.2 Å². The van der Waals surface area contributed by atoms with E-state index in [4.69, 9.17) is 0 Å². The van der Waals surface area contributed by atoms with E-state index in [1.165, 1.54) is 11.8 Å². The highest BCUT2D eigenvalue weighted by Crippen LogP contribution is 2.18. The van der Waals surface area contributed by atoms with Crippen LogP contribution in [-0.4, -0.2) is 40.8 Å². The maximum atomic E-state index is 12.1. The van der Waals surface area contributed by atoms with Crippen molar-refractivity contribution in [3.8, 4) is 0 Å². The van der Waals surface area contributed by atoms with Gasteiger partial charge in [0.1, 0.15) is 0 Å². The Hall–Kier alpha value is -1.49. The summed E-state index contributed by atoms with van der Waals surface area (Å²) in [4.78, 5) is 25.9. The number of nitrogens with zero attached hydrogens (tertiary/aromatic N) is 1. The number of amides is 2. The van der Waals surface area contributed by atoms with E-state index in [1.54, 1.807) is 0 Å². The standard InChI is InChI=1S/C16H22N2O2S/c1-12-5-7-14(8-6-12)17-15(19)11-21-13(2)16(20)18-9-3-4-10-18/h5-8,13H,3-4,9-11H2,1-2H3,(H,17,19). The monoisotopic (exact) mass is 306 g/mol. The number of hydrogen-bond donors (Lipinski definition) is 1. The van der Waals surface area contributed by atoms with Crippen molar-refractivity contribution in [1.82, 2.24) is 4.90 Å². The van der Waals surface area contributed by atoms with Crippen LogP contribution >= 0.6 is 11.8 Å². The molecule has 1 unspecified atom stereocenters. The van der Waals surface area contributed by atoms with Crippen LogP contribution in [0.25, 0.3) is 0 Å². The Labute approximate surface area is 130 Å². The summed E-state index contributed by atoms with van der Waals surface area (Å²) in [5, 5.41) is 2.69. The molecule has 1 aliphatic heterocycles. The Morgan fingerprint density at radius 1 is 1.24 bits per heavy atom. The molecule has 0 radical (unpaired) electrons. The van der Waals surface area contributed by atoms with Gasteiger partial charge in [-0.2, -0.15) is 0 Å². The van der Waals surface area contributed by atoms with Crippen LogP contribution < -0.4 is 5.32 Å². The third kappa shape index (κ3) is 4.77. The number of rotatable bonds is 5. The lowest BCUT2D eigenvalue weighted by Gasteiger charge is -2.19. The lowest BCUT2D eigenvalue weighted by molar-refractivity contribution is -0.129. The molecule has 1 aromatic rings. The molecule has 0 aliphatic carbocycles. The van der Waals surface area contributed by atoms with Crippen molar-refractivity contribution in [3.63, 3.8) is 0 Å². The summed E-state index contributed by atoms with van der Waals surface area (Å²) in [6, 6.07) is 7.69. The first-order valence-electron chi connectivity index (χ1n) is 7.33. The largest absolute Gasteiger partial charge is 0.342 e. The molecule has 1 fully saturated rings. The lowest BCUT2D eigenvalue weighted by Crippen LogP contribution is -2.34. The summed E-state index contributed by atoms with van der Waals surface area (Å²) in [5.41, 5.74) is 1.96. The fourth-order valence-corrected chi connectivity index (χ4v) is 3.07. The number of benzene rings is 1. The van der Waals surface area contributed by atoms with Crippen LogP contribution in [0.1, 0.15) is 25.3 Å². The number of hydrogen-bond acceptors (Lipinski definition) is 3. The second-order valence-electron chi connectivity index (χ2n) is 5.40. The number of carbonyl (C=O) groups is 2. The average Bonchev–Trinajstić information content (AvgIpc) is 3.00. The van der Waals surface area contributed by atoms with Crippen LogP contribution in [0.5, 0.6) is 0 Å². The molecule has 1 N–H and O–H groups in total. The van der Waals surface area contributed by atoms with Gasteiger partial charge in [0.25, 0.3) is 0 Å². The number of likely N-dealkylation sites (tertiary alicyclic amines) is 1. The van der Waals surface area contributed by atoms with Gasteiger partial charge in [0.15, 0.2) is 0 Å². The van der Waals surface area contributed by atoms with E-state index in [1.807, 2.05) is 43.0 Å². The van der Waals surface area contributed by atoms with Crippen LogP contribution in [0, 0.1) is 6.92 Å². The zero-order valence-electron chi connectivity index (χ0n) is 12.6. The van der Waals surface area contributed by atoms with E-state index in [2.05, 4.69) is 5.32 Å². The van der Waals surface area contributed by atoms with Crippen molar-refractivity contribution in [2.24, 2.45) is 0 Å². The molecule has 1 atom stereocenters. The first kappa shape index (κ1) is 15.9. The average molecular weight is 306 g/mol. The molecule has 1 aliphatic rings. The molecule has 0 saturated carbocycles. The zero-order chi connectivity index (χ0) is 15.2. The van der Waals surface area contributed by atoms with Gasteiger partial charge in [-0.15, -0.1) is 11.8 Å². The van der Waals surface area contributed by atoms with Crippen molar-refractivity contribution in [1.29, 1.82) is 0 Å². The van der Waals surface area contributed by atoms with Crippen molar-refractivity contribution >= 4 is 29.3 Å². The summed E-state index contributed by atoms with van der Waals surface area (Å²) in [6.07, 6.45) is 2.19. The fourth-order valence-electron chi connectivity index (χ4n) is 2.30. The zero-order valence-corrected chi connectivity index (χ0v) is 13.4. The topological polar surface area (TPSA) is 49.4 Å². The van der Waals surface area contributed by atoms with Crippen LogP contribution in [0.2, 0.25) is 0 Å². The molecular weight excluding hydrogens is 284 g/mol. The molecule has 1 saturated heterocycles. The van der Waals surface area contributed by atoms with E-state index in [0.29, 0.717) is 5.75 Å². The van der Waals surface area contributed by atoms with E-state index < -0.39 is 0 Å². The molecule has 5 heteroatoms. The normalized spacial score (nSPS) is 15.8. The maximum absolute atomic E-state index is 12.1. The predicted molar refractivity (Wildman–Crippen MR) is 87.5 cm³/mol. The molecule has 1 heterocycles. The van der Waals surface area contributed by atoms with Gasteiger partial charge in [-0.25, -0.2) is 0 Å². The predicted octanol–water partition coefficient (Wildman–Crippen LogP) is 2.68. The van der Waals surface area contributed by atoms with E-state index in [9.17, 15) is 9.59 Å². The number of aryl methyl sites for hydroxylation is 1. The van der Waals surface area contributed by atoms with Crippen LogP contribution in [0.4, 0.5) is 5.69 Å². The van der Waals surface area contributed by atoms with Gasteiger partial charge in [0.05, 0.1) is 11.0 Å². The first-order valence-corrected chi connectivity index (χ1v) is 8.38. The van der Waals surface area contributed by atoms with Crippen LogP contribution in [-0.2, 0) is 9.59 Å². The molecule has 0 bridgehead atoms. The molecule has 1 aromatic carbocycles. The van der Waals surface area contributed by atoms with Gasteiger partial charge in [-0.05, 0) is 38.8 Å². The highest BCUT2D eigenvalue weighted by Gasteiger charge is 2.23. The van der Waals surface area contributed by atoms with E-state index in [-0.39, 0.29) is 17.1 Å². The Kier molecular flexibility index (Phi) is 5.67. The third-order valence-corrected chi connectivity index (χ3v) is 4.70. The van der Waals surface area contributed by atoms with Gasteiger partial charge in [0.2, 0.25) is 11.8 Å². The van der Waals surface area contributed by atoms with Crippen LogP contribution in [0.15, 0.2) is 24.3 Å². The van der Waals surface area contributed by atoms with Gasteiger partial charge in [-0.1, -0.05) is 17.7 Å². The smallest absolute Gasteiger partial charge is 0.235 e. The molecule has 114 valence electrons. The lowest BCUT2D eigenvalue weighted by atomic mass is 10.2. The maximum Gasteiger partial charge on any atom is 0.235 e. The molecule has 0 aromatic heterocycles. The van der Waals surface area contributed by atoms with Gasteiger partial charge in [0, 0.05) is 18.8 Å². The molecule has 4 nitrogen and oxygen atoms in total. The Morgan fingerprint density at radius 3 is 2.48 bits per heavy atom. The number of thioether (sulfide) groups is 1. The SMILES string of the molecule is Cc1ccc(NC(=O)CSC(C)C(=O)N2CCCC2)cc1. The molecule has 2 rings (SSSR count). The van der Waals surface area contributed by atoms with Gasteiger partial charge < -0.3 is 10.2 Å². The third-order valence-electron chi connectivity index (χ3n) is 3.57. The minimum atomic E-state index is -0.160. The molecule has 2 amide bonds. The highest BCUT2D eigenvalue weighted by molar-refractivity contribution is 8.01. The Morgan fingerprint density at radius 2 is 1.86 bits per heavy atom. The molecule has 21 heavy (non-hydrogen) atoms. The number of carbonyl (C=O) groups excluding carboxylic acids is 2. The second-order valence-corrected chi connectivity index (χ2v) is 6.73. The molecular formula is C16H22N2O2S. The van der Waals surface area contributed by atoms with Gasteiger partial charge in [-0.3, -0.25) is 9.59 Å². The Balaban J connectivity index is 1.75. The van der Waals surface area contributed by atoms with Crippen molar-refractivity contribution < 1.29 is 9.59 Å². The van der Waals surface area contributed by atoms with Crippen molar-refractivity contribution in [2.45, 2.75) is 31.9 Å². The second kappa shape index (κ2) is 7.50. The minimum absolute atomic E-state index is 0.0649. The summed E-state index contributed by atoms with van der Waals surface area (Å²) < 4.78 is 0. The van der Waals surface area contributed by atoms with Crippen LogP contribution in [0.3, 0.4) is 0 Å². The highest BCUT2D eigenvalue weighted by atomic mass is 32.2. The summed E-state index contributed by atoms with van der Waals surface area (Å²) in [5.74, 6) is 0.389. The van der Waals surface area contributed by atoms with Crippen molar-refractivity contribution in [3.05, 3.63) is 29.8 Å². The fraction of sp³-hybridized carbons (Fsp3) is 0.500. The quantitative estimate of drug-likeness (QED) is 0.910. The first-order chi connectivity index (χ1) is 10.1. The summed E-state index contributed by atoms with van der Waals surface area (Å²) >= 11 is 1.40. The minimum Gasteiger partial charge on any atom is -0.342 e. The Bertz CT molecular complexity index is 496.